The molecule has 0 spiro atoms. The Morgan fingerprint density at radius 3 is 2.65 bits per heavy atom. The number of carbonyl (C=O) groups is 1. The van der Waals surface area contributed by atoms with E-state index < -0.39 is 11.7 Å². The number of aliphatic hydroxyl groups is 1. The van der Waals surface area contributed by atoms with E-state index in [1.165, 1.54) is 24.5 Å². The summed E-state index contributed by atoms with van der Waals surface area (Å²) in [5, 5.41) is 9.56. The highest BCUT2D eigenvalue weighted by atomic mass is 35.5. The molecule has 3 aromatic rings. The highest BCUT2D eigenvalue weighted by Crippen LogP contribution is 2.32. The molecule has 0 bridgehead atoms. The van der Waals surface area contributed by atoms with Crippen LogP contribution >= 0.6 is 11.6 Å². The predicted molar refractivity (Wildman–Crippen MR) is 84.4 cm³/mol. The molecular weight excluding hydrogens is 321 g/mol. The molecule has 7 heteroatoms. The fourth-order valence-electron chi connectivity index (χ4n) is 2.25. The third-order valence-corrected chi connectivity index (χ3v) is 3.86. The fourth-order valence-corrected chi connectivity index (χ4v) is 2.54. The lowest BCUT2D eigenvalue weighted by Crippen LogP contribution is -2.12. The summed E-state index contributed by atoms with van der Waals surface area (Å²) in [6, 6.07) is 5.98. The van der Waals surface area contributed by atoms with Crippen molar-refractivity contribution in [2.75, 3.05) is 0 Å². The summed E-state index contributed by atoms with van der Waals surface area (Å²) >= 11 is 6.18. The molecule has 3 N–H and O–H groups in total. The van der Waals surface area contributed by atoms with Crippen LogP contribution in [0, 0.1) is 5.82 Å². The molecule has 2 aromatic heterocycles. The summed E-state index contributed by atoms with van der Waals surface area (Å²) in [7, 11) is 0. The lowest BCUT2D eigenvalue weighted by Gasteiger charge is -2.09. The van der Waals surface area contributed by atoms with E-state index in [0.717, 1.165) is 0 Å². The third kappa shape index (κ3) is 2.74. The molecule has 0 aliphatic carbocycles. The van der Waals surface area contributed by atoms with Crippen molar-refractivity contribution in [2.24, 2.45) is 5.73 Å². The van der Waals surface area contributed by atoms with Crippen molar-refractivity contribution >= 4 is 28.4 Å². The van der Waals surface area contributed by atoms with Gasteiger partial charge in [0.15, 0.2) is 0 Å². The third-order valence-electron chi connectivity index (χ3n) is 3.45. The molecule has 1 aromatic carbocycles. The number of pyridine rings is 2. The highest BCUT2D eigenvalue weighted by Gasteiger charge is 2.15. The van der Waals surface area contributed by atoms with Gasteiger partial charge in [-0.1, -0.05) is 17.7 Å². The number of primary amides is 1. The minimum atomic E-state index is -0.704. The van der Waals surface area contributed by atoms with Gasteiger partial charge in [0, 0.05) is 35.0 Å². The maximum atomic E-state index is 14.3. The van der Waals surface area contributed by atoms with Crippen LogP contribution in [-0.4, -0.2) is 21.0 Å². The van der Waals surface area contributed by atoms with Crippen LogP contribution in [0.15, 0.2) is 36.7 Å². The van der Waals surface area contributed by atoms with Gasteiger partial charge in [-0.05, 0) is 12.1 Å². The smallest absolute Gasteiger partial charge is 0.251 e. The fraction of sp³-hybridized carbons (Fsp3) is 0.0625. The first kappa shape index (κ1) is 15.3. The quantitative estimate of drug-likeness (QED) is 0.772. The number of aromatic nitrogens is 2. The molecule has 116 valence electrons. The summed E-state index contributed by atoms with van der Waals surface area (Å²) in [6.45, 7) is -0.196. The summed E-state index contributed by atoms with van der Waals surface area (Å²) in [5.41, 5.74) is 6.90. The maximum Gasteiger partial charge on any atom is 0.251 e. The highest BCUT2D eigenvalue weighted by molar-refractivity contribution is 6.38. The van der Waals surface area contributed by atoms with E-state index in [0.29, 0.717) is 22.2 Å². The minimum absolute atomic E-state index is 0.0745. The second-order valence-electron chi connectivity index (χ2n) is 4.90. The van der Waals surface area contributed by atoms with Gasteiger partial charge in [0.05, 0.1) is 28.4 Å². The number of rotatable bonds is 3. The van der Waals surface area contributed by atoms with Crippen molar-refractivity contribution in [3.8, 4) is 11.1 Å². The van der Waals surface area contributed by atoms with E-state index >= 15 is 0 Å². The number of nitrogens with two attached hydrogens (primary N) is 1. The molecule has 0 atom stereocenters. The summed E-state index contributed by atoms with van der Waals surface area (Å²) < 4.78 is 14.3. The summed E-state index contributed by atoms with van der Waals surface area (Å²) in [4.78, 5) is 19.4. The van der Waals surface area contributed by atoms with Crippen molar-refractivity contribution in [1.82, 2.24) is 9.97 Å². The molecule has 0 saturated carbocycles. The van der Waals surface area contributed by atoms with E-state index in [-0.39, 0.29) is 22.8 Å². The zero-order valence-electron chi connectivity index (χ0n) is 11.8. The van der Waals surface area contributed by atoms with E-state index in [9.17, 15) is 9.18 Å². The normalized spacial score (nSPS) is 10.9. The van der Waals surface area contributed by atoms with Gasteiger partial charge in [-0.25, -0.2) is 4.39 Å². The Labute approximate surface area is 135 Å². The van der Waals surface area contributed by atoms with E-state index in [4.69, 9.17) is 22.4 Å². The van der Waals surface area contributed by atoms with Gasteiger partial charge in [-0.2, -0.15) is 0 Å². The molecule has 5 nitrogen and oxygen atoms in total. The van der Waals surface area contributed by atoms with Crippen molar-refractivity contribution in [3.63, 3.8) is 0 Å². The number of benzene rings is 1. The first-order valence-corrected chi connectivity index (χ1v) is 7.02. The van der Waals surface area contributed by atoms with Gasteiger partial charge in [0.2, 0.25) is 0 Å². The molecule has 1 amide bonds. The predicted octanol–water partition coefficient (Wildman–Crippen LogP) is 2.68. The van der Waals surface area contributed by atoms with Gasteiger partial charge in [-0.15, -0.1) is 0 Å². The average Bonchev–Trinajstić information content (AvgIpc) is 2.54. The van der Waals surface area contributed by atoms with Crippen LogP contribution in [0.5, 0.6) is 0 Å². The van der Waals surface area contributed by atoms with Gasteiger partial charge in [-0.3, -0.25) is 14.8 Å². The Bertz CT molecular complexity index is 913. The number of carbonyl (C=O) groups excluding carboxylic acids is 1. The SMILES string of the molecule is NC(=O)c1cnc2cc(F)c(-c3ccc(CO)nc3)cc2c1Cl. The minimum Gasteiger partial charge on any atom is -0.390 e. The molecule has 0 saturated heterocycles. The number of aliphatic hydroxyl groups excluding tert-OH is 1. The van der Waals surface area contributed by atoms with Crippen LogP contribution in [-0.2, 0) is 6.61 Å². The summed E-state index contributed by atoms with van der Waals surface area (Å²) in [5.74, 6) is -1.20. The molecule has 3 rings (SSSR count). The van der Waals surface area contributed by atoms with Crippen LogP contribution in [0.1, 0.15) is 16.1 Å². The Morgan fingerprint density at radius 1 is 1.26 bits per heavy atom. The number of fused-ring (bicyclic) bond motifs is 1. The van der Waals surface area contributed by atoms with Crippen molar-refractivity contribution in [1.29, 1.82) is 0 Å². The van der Waals surface area contributed by atoms with Crippen LogP contribution in [0.3, 0.4) is 0 Å². The standard InChI is InChI=1S/C16H11ClFN3O2/c17-15-11-3-10(8-1-2-9(7-22)20-5-8)13(18)4-14(11)21-6-12(15)16(19)23/h1-6,22H,7H2,(H2,19,23). The van der Waals surface area contributed by atoms with Crippen molar-refractivity contribution in [3.05, 3.63) is 58.8 Å². The van der Waals surface area contributed by atoms with Crippen molar-refractivity contribution in [2.45, 2.75) is 6.61 Å². The maximum absolute atomic E-state index is 14.3. The van der Waals surface area contributed by atoms with E-state index in [1.807, 2.05) is 0 Å². The molecule has 0 radical (unpaired) electrons. The Hall–Kier alpha value is -2.57. The van der Waals surface area contributed by atoms with Crippen LogP contribution < -0.4 is 5.73 Å². The lowest BCUT2D eigenvalue weighted by atomic mass is 10.0. The molecule has 0 fully saturated rings. The zero-order chi connectivity index (χ0) is 16.6. The monoisotopic (exact) mass is 331 g/mol. The largest absolute Gasteiger partial charge is 0.390 e. The first-order valence-electron chi connectivity index (χ1n) is 6.65. The number of amides is 1. The molecule has 2 heterocycles. The number of halogens is 2. The molecule has 0 aliphatic heterocycles. The van der Waals surface area contributed by atoms with Crippen LogP contribution in [0.2, 0.25) is 5.02 Å². The first-order chi connectivity index (χ1) is 11.0. The lowest BCUT2D eigenvalue weighted by molar-refractivity contribution is 0.1000. The van der Waals surface area contributed by atoms with Gasteiger partial charge in [0.25, 0.3) is 5.91 Å². The van der Waals surface area contributed by atoms with Crippen LogP contribution in [0.25, 0.3) is 22.0 Å². The number of hydrogen-bond acceptors (Lipinski definition) is 4. The van der Waals surface area contributed by atoms with Crippen molar-refractivity contribution < 1.29 is 14.3 Å². The molecule has 23 heavy (non-hydrogen) atoms. The number of hydrogen-bond donors (Lipinski definition) is 2. The van der Waals surface area contributed by atoms with E-state index in [2.05, 4.69) is 9.97 Å². The number of nitrogens with zero attached hydrogens (tertiary/aromatic N) is 2. The molecule has 0 unspecified atom stereocenters. The Kier molecular flexibility index (Phi) is 3.94. The van der Waals surface area contributed by atoms with Gasteiger partial charge >= 0.3 is 0 Å². The van der Waals surface area contributed by atoms with Crippen LogP contribution in [0.4, 0.5) is 4.39 Å². The van der Waals surface area contributed by atoms with Gasteiger partial charge < -0.3 is 10.8 Å². The Balaban J connectivity index is 2.22. The topological polar surface area (TPSA) is 89.1 Å². The molecular formula is C16H11ClFN3O2. The summed E-state index contributed by atoms with van der Waals surface area (Å²) in [6.07, 6.45) is 2.68. The zero-order valence-corrected chi connectivity index (χ0v) is 12.5. The average molecular weight is 332 g/mol. The Morgan fingerprint density at radius 2 is 2.04 bits per heavy atom. The molecule has 0 aliphatic rings. The second kappa shape index (κ2) is 5.91. The van der Waals surface area contributed by atoms with Gasteiger partial charge in [0.1, 0.15) is 5.82 Å². The van der Waals surface area contributed by atoms with E-state index in [1.54, 1.807) is 12.1 Å². The second-order valence-corrected chi connectivity index (χ2v) is 5.27.